The Kier molecular flexibility index (Phi) is 4.87. The van der Waals surface area contributed by atoms with Crippen molar-refractivity contribution in [1.82, 2.24) is 5.32 Å². The molecule has 1 rings (SSSR count). The zero-order valence-corrected chi connectivity index (χ0v) is 9.62. The van der Waals surface area contributed by atoms with Gasteiger partial charge in [0.05, 0.1) is 17.9 Å². The van der Waals surface area contributed by atoms with Crippen LogP contribution in [-0.4, -0.2) is 30.1 Å². The second-order valence-corrected chi connectivity index (χ2v) is 3.48. The van der Waals surface area contributed by atoms with Crippen molar-refractivity contribution in [2.75, 3.05) is 18.5 Å². The summed E-state index contributed by atoms with van der Waals surface area (Å²) >= 11 is 0. The molecule has 0 aliphatic heterocycles. The summed E-state index contributed by atoms with van der Waals surface area (Å²) in [5.41, 5.74) is -1.54. The predicted molar refractivity (Wildman–Crippen MR) is 60.2 cm³/mol. The molecule has 0 aromatic heterocycles. The van der Waals surface area contributed by atoms with E-state index >= 15 is 0 Å². The molecule has 0 aliphatic carbocycles. The molecule has 0 saturated carbocycles. The van der Waals surface area contributed by atoms with Crippen LogP contribution < -0.4 is 10.6 Å². The maximum absolute atomic E-state index is 12.6. The summed E-state index contributed by atoms with van der Waals surface area (Å²) in [7, 11) is 0. The third kappa shape index (κ3) is 4.25. The summed E-state index contributed by atoms with van der Waals surface area (Å²) in [5.74, 6) is -2.35. The minimum Gasteiger partial charge on any atom is -0.395 e. The topological polar surface area (TPSA) is 78.4 Å². The number of hydrogen-bond acceptors (Lipinski definition) is 3. The Balaban J connectivity index is 2.83. The second kappa shape index (κ2) is 6.19. The fourth-order valence-electron chi connectivity index (χ4n) is 1.27. The van der Waals surface area contributed by atoms with Gasteiger partial charge in [0.25, 0.3) is 0 Å². The normalized spacial score (nSPS) is 10.9. The first-order valence-corrected chi connectivity index (χ1v) is 5.22. The van der Waals surface area contributed by atoms with Gasteiger partial charge < -0.3 is 15.7 Å². The maximum atomic E-state index is 12.6. The first-order chi connectivity index (χ1) is 8.86. The number of halogens is 3. The molecule has 0 bridgehead atoms. The third-order valence-electron chi connectivity index (χ3n) is 2.08. The second-order valence-electron chi connectivity index (χ2n) is 3.48. The van der Waals surface area contributed by atoms with Gasteiger partial charge in [0.15, 0.2) is 0 Å². The highest BCUT2D eigenvalue weighted by Gasteiger charge is 2.33. The van der Waals surface area contributed by atoms with E-state index in [9.17, 15) is 22.8 Å². The van der Waals surface area contributed by atoms with Crippen LogP contribution in [0.3, 0.4) is 0 Å². The number of amides is 2. The van der Waals surface area contributed by atoms with Crippen molar-refractivity contribution in [2.45, 2.75) is 6.18 Å². The summed E-state index contributed by atoms with van der Waals surface area (Å²) < 4.78 is 37.9. The zero-order valence-electron chi connectivity index (χ0n) is 9.62. The van der Waals surface area contributed by atoms with Gasteiger partial charge in [-0.25, -0.2) is 0 Å². The molecule has 0 heterocycles. The Hall–Kier alpha value is -2.09. The smallest absolute Gasteiger partial charge is 0.395 e. The van der Waals surface area contributed by atoms with Crippen molar-refractivity contribution in [2.24, 2.45) is 0 Å². The molecule has 0 radical (unpaired) electrons. The summed E-state index contributed by atoms with van der Waals surface area (Å²) in [6, 6.07) is 4.31. The van der Waals surface area contributed by atoms with E-state index in [1.165, 1.54) is 12.1 Å². The van der Waals surface area contributed by atoms with Gasteiger partial charge >= 0.3 is 18.0 Å². The maximum Gasteiger partial charge on any atom is 0.418 e. The van der Waals surface area contributed by atoms with Crippen LogP contribution in [0.2, 0.25) is 0 Å². The molecule has 5 nitrogen and oxygen atoms in total. The van der Waals surface area contributed by atoms with E-state index in [1.54, 1.807) is 0 Å². The van der Waals surface area contributed by atoms with Gasteiger partial charge in [0, 0.05) is 6.54 Å². The number of nitrogens with one attached hydrogen (secondary N) is 2. The predicted octanol–water partition coefficient (Wildman–Crippen LogP) is 0.752. The van der Waals surface area contributed by atoms with E-state index in [-0.39, 0.29) is 13.2 Å². The SMILES string of the molecule is O=C(NCCO)C(=O)Nc1ccccc1C(F)(F)F. The number of benzene rings is 1. The molecule has 8 heteroatoms. The van der Waals surface area contributed by atoms with E-state index < -0.39 is 29.2 Å². The van der Waals surface area contributed by atoms with Crippen molar-refractivity contribution < 1.29 is 27.9 Å². The van der Waals surface area contributed by atoms with Crippen molar-refractivity contribution in [3.63, 3.8) is 0 Å². The number of carbonyl (C=O) groups excluding carboxylic acids is 2. The summed E-state index contributed by atoms with van der Waals surface area (Å²) in [5, 5.41) is 12.3. The molecule has 0 fully saturated rings. The molecule has 1 aromatic carbocycles. The van der Waals surface area contributed by atoms with Crippen LogP contribution in [0.1, 0.15) is 5.56 Å². The lowest BCUT2D eigenvalue weighted by molar-refractivity contribution is -0.138. The largest absolute Gasteiger partial charge is 0.418 e. The lowest BCUT2D eigenvalue weighted by Gasteiger charge is -2.13. The number of para-hydroxylation sites is 1. The van der Waals surface area contributed by atoms with Crippen LogP contribution in [-0.2, 0) is 15.8 Å². The minimum absolute atomic E-state index is 0.160. The molecule has 2 amide bonds. The lowest BCUT2D eigenvalue weighted by atomic mass is 10.1. The quantitative estimate of drug-likeness (QED) is 0.713. The molecule has 3 N–H and O–H groups in total. The van der Waals surface area contributed by atoms with Gasteiger partial charge in [-0.05, 0) is 12.1 Å². The average molecular weight is 276 g/mol. The number of rotatable bonds is 3. The minimum atomic E-state index is -4.63. The Morgan fingerprint density at radius 3 is 2.37 bits per heavy atom. The van der Waals surface area contributed by atoms with Crippen LogP contribution in [0.5, 0.6) is 0 Å². The van der Waals surface area contributed by atoms with Crippen LogP contribution in [0.25, 0.3) is 0 Å². The Labute approximate surface area is 106 Å². The monoisotopic (exact) mass is 276 g/mol. The fourth-order valence-corrected chi connectivity index (χ4v) is 1.27. The number of aliphatic hydroxyl groups excluding tert-OH is 1. The number of alkyl halides is 3. The van der Waals surface area contributed by atoms with Gasteiger partial charge in [0.2, 0.25) is 0 Å². The standard InChI is InChI=1S/C11H11F3N2O3/c12-11(13,14)7-3-1-2-4-8(7)16-10(19)9(18)15-5-6-17/h1-4,17H,5-6H2,(H,15,18)(H,16,19). The summed E-state index contributed by atoms with van der Waals surface area (Å²) in [4.78, 5) is 22.5. The van der Waals surface area contributed by atoms with E-state index in [0.717, 1.165) is 12.1 Å². The van der Waals surface area contributed by atoms with Crippen LogP contribution in [0.4, 0.5) is 18.9 Å². The lowest BCUT2D eigenvalue weighted by Crippen LogP contribution is -2.37. The van der Waals surface area contributed by atoms with E-state index in [0.29, 0.717) is 0 Å². The number of anilines is 1. The Morgan fingerprint density at radius 1 is 1.16 bits per heavy atom. The fraction of sp³-hybridized carbons (Fsp3) is 0.273. The molecule has 0 aliphatic rings. The van der Waals surface area contributed by atoms with Crippen LogP contribution in [0, 0.1) is 0 Å². The van der Waals surface area contributed by atoms with Gasteiger partial charge in [0.1, 0.15) is 0 Å². The van der Waals surface area contributed by atoms with Gasteiger partial charge in [-0.15, -0.1) is 0 Å². The number of aliphatic hydroxyl groups is 1. The molecule has 1 aromatic rings. The number of hydrogen-bond donors (Lipinski definition) is 3. The van der Waals surface area contributed by atoms with E-state index in [2.05, 4.69) is 0 Å². The van der Waals surface area contributed by atoms with Gasteiger partial charge in [-0.3, -0.25) is 9.59 Å². The van der Waals surface area contributed by atoms with Crippen molar-refractivity contribution >= 4 is 17.5 Å². The average Bonchev–Trinajstić information content (AvgIpc) is 2.35. The van der Waals surface area contributed by atoms with Gasteiger partial charge in [-0.1, -0.05) is 12.1 Å². The molecule has 0 unspecified atom stereocenters. The Morgan fingerprint density at radius 2 is 1.79 bits per heavy atom. The highest BCUT2D eigenvalue weighted by Crippen LogP contribution is 2.34. The summed E-state index contributed by atoms with van der Waals surface area (Å²) in [6.45, 7) is -0.536. The molecule has 0 saturated heterocycles. The molecule has 0 atom stereocenters. The molecule has 104 valence electrons. The highest BCUT2D eigenvalue weighted by atomic mass is 19.4. The van der Waals surface area contributed by atoms with E-state index in [4.69, 9.17) is 5.11 Å². The Bertz CT molecular complexity index is 474. The van der Waals surface area contributed by atoms with Crippen LogP contribution >= 0.6 is 0 Å². The number of carbonyl (C=O) groups is 2. The molecule has 19 heavy (non-hydrogen) atoms. The van der Waals surface area contributed by atoms with Crippen LogP contribution in [0.15, 0.2) is 24.3 Å². The first kappa shape index (κ1) is 15.0. The third-order valence-corrected chi connectivity index (χ3v) is 2.08. The zero-order chi connectivity index (χ0) is 14.5. The summed E-state index contributed by atoms with van der Waals surface area (Å²) in [6.07, 6.45) is -4.63. The highest BCUT2D eigenvalue weighted by molar-refractivity contribution is 6.39. The molecular formula is C11H11F3N2O3. The van der Waals surface area contributed by atoms with E-state index in [1.807, 2.05) is 10.6 Å². The van der Waals surface area contributed by atoms with Crippen molar-refractivity contribution in [3.05, 3.63) is 29.8 Å². The van der Waals surface area contributed by atoms with Gasteiger partial charge in [-0.2, -0.15) is 13.2 Å². The first-order valence-electron chi connectivity index (χ1n) is 5.22. The molecule has 0 spiro atoms. The van der Waals surface area contributed by atoms with Crippen molar-refractivity contribution in [3.8, 4) is 0 Å². The molecular weight excluding hydrogens is 265 g/mol. The van der Waals surface area contributed by atoms with Crippen molar-refractivity contribution in [1.29, 1.82) is 0 Å².